The van der Waals surface area contributed by atoms with Crippen LogP contribution < -0.4 is 0 Å². The Morgan fingerprint density at radius 1 is 0.771 bits per heavy atom. The number of hydrogen-bond acceptors (Lipinski definition) is 2. The molecule has 35 heavy (non-hydrogen) atoms. The maximum Gasteiger partial charge on any atom is 0.104 e. The van der Waals surface area contributed by atoms with Gasteiger partial charge in [-0.05, 0) is 36.0 Å². The van der Waals surface area contributed by atoms with Crippen molar-refractivity contribution in [1.29, 1.82) is 0 Å². The first kappa shape index (κ1) is 26.5. The maximum absolute atomic E-state index is 14.4. The molecule has 0 radical (unpaired) electrons. The van der Waals surface area contributed by atoms with Crippen molar-refractivity contribution in [2.24, 2.45) is 10.2 Å². The van der Waals surface area contributed by atoms with E-state index in [1.54, 1.807) is 0 Å². The summed E-state index contributed by atoms with van der Waals surface area (Å²) in [4.78, 5) is 0. The molecule has 0 N–H and O–H groups in total. The Balaban J connectivity index is 1.78. The van der Waals surface area contributed by atoms with E-state index in [2.05, 4.69) is 42.2 Å². The highest BCUT2D eigenvalue weighted by atomic mass is 19.1. The molecule has 0 fully saturated rings. The van der Waals surface area contributed by atoms with Crippen molar-refractivity contribution < 1.29 is 4.39 Å². The molecule has 2 nitrogen and oxygen atoms in total. The van der Waals surface area contributed by atoms with Gasteiger partial charge in [-0.1, -0.05) is 125 Å². The topological polar surface area (TPSA) is 24.7 Å². The average Bonchev–Trinajstić information content (AvgIpc) is 2.89. The number of unbranched alkanes of at least 4 members (excludes halogenated alkanes) is 4. The molecule has 0 aliphatic carbocycles. The molecule has 0 spiro atoms. The van der Waals surface area contributed by atoms with Gasteiger partial charge in [0.25, 0.3) is 0 Å². The van der Waals surface area contributed by atoms with Crippen LogP contribution in [0.5, 0.6) is 0 Å². The van der Waals surface area contributed by atoms with E-state index < -0.39 is 6.17 Å². The molecule has 0 aliphatic rings. The zero-order valence-electron chi connectivity index (χ0n) is 21.3. The average molecular weight is 471 g/mol. The van der Waals surface area contributed by atoms with E-state index in [-0.39, 0.29) is 0 Å². The van der Waals surface area contributed by atoms with E-state index in [1.807, 2.05) is 66.9 Å². The lowest BCUT2D eigenvalue weighted by Gasteiger charge is -2.10. The van der Waals surface area contributed by atoms with Gasteiger partial charge in [0.1, 0.15) is 11.9 Å². The van der Waals surface area contributed by atoms with E-state index >= 15 is 0 Å². The fourth-order valence-corrected chi connectivity index (χ4v) is 4.25. The largest absolute Gasteiger partial charge is 0.247 e. The zero-order valence-corrected chi connectivity index (χ0v) is 21.3. The molecule has 0 saturated heterocycles. The predicted octanol–water partition coefficient (Wildman–Crippen LogP) is 8.75. The normalized spacial score (nSPS) is 12.8. The molecule has 1 atom stereocenters. The van der Waals surface area contributed by atoms with Gasteiger partial charge in [0.05, 0.1) is 6.21 Å². The Morgan fingerprint density at radius 3 is 2.17 bits per heavy atom. The van der Waals surface area contributed by atoms with E-state index in [4.69, 9.17) is 0 Å². The Kier molecular flexibility index (Phi) is 11.4. The molecule has 3 aromatic rings. The van der Waals surface area contributed by atoms with E-state index in [0.717, 1.165) is 53.6 Å². The minimum atomic E-state index is -0.781. The first-order valence-electron chi connectivity index (χ1n) is 13.2. The number of alkyl halides is 1. The smallest absolute Gasteiger partial charge is 0.104 e. The SMILES string of the molecule is CCCCCc1ccccc1C=NN=C(c1ccccc1)c1ccc(CC(F)CCCCC)cc1. The van der Waals surface area contributed by atoms with Gasteiger partial charge in [0, 0.05) is 17.5 Å². The first-order chi connectivity index (χ1) is 17.2. The van der Waals surface area contributed by atoms with E-state index in [9.17, 15) is 4.39 Å². The van der Waals surface area contributed by atoms with Gasteiger partial charge >= 0.3 is 0 Å². The van der Waals surface area contributed by atoms with Gasteiger partial charge in [-0.25, -0.2) is 4.39 Å². The van der Waals surface area contributed by atoms with Crippen molar-refractivity contribution in [3.63, 3.8) is 0 Å². The van der Waals surface area contributed by atoms with Crippen molar-refractivity contribution in [1.82, 2.24) is 0 Å². The van der Waals surface area contributed by atoms with Crippen molar-refractivity contribution in [3.05, 3.63) is 107 Å². The Hall–Kier alpha value is -3.07. The second kappa shape index (κ2) is 15.0. The van der Waals surface area contributed by atoms with Crippen molar-refractivity contribution in [2.45, 2.75) is 77.8 Å². The summed E-state index contributed by atoms with van der Waals surface area (Å²) in [5.74, 6) is 0. The third-order valence-electron chi connectivity index (χ3n) is 6.31. The minimum absolute atomic E-state index is 0.467. The number of nitrogens with zero attached hydrogens (tertiary/aromatic N) is 2. The number of rotatable bonds is 14. The van der Waals surface area contributed by atoms with Gasteiger partial charge in [-0.2, -0.15) is 5.10 Å². The minimum Gasteiger partial charge on any atom is -0.247 e. The molecular weight excluding hydrogens is 431 g/mol. The van der Waals surface area contributed by atoms with Gasteiger partial charge < -0.3 is 0 Å². The number of aryl methyl sites for hydroxylation is 1. The summed E-state index contributed by atoms with van der Waals surface area (Å²) in [5.41, 5.74) is 6.26. The van der Waals surface area contributed by atoms with Crippen molar-refractivity contribution >= 4 is 11.9 Å². The van der Waals surface area contributed by atoms with Crippen molar-refractivity contribution in [3.8, 4) is 0 Å². The summed E-state index contributed by atoms with van der Waals surface area (Å²) < 4.78 is 14.4. The highest BCUT2D eigenvalue weighted by Gasteiger charge is 2.10. The van der Waals surface area contributed by atoms with Crippen LogP contribution in [0.4, 0.5) is 4.39 Å². The molecule has 3 heteroatoms. The first-order valence-corrected chi connectivity index (χ1v) is 13.2. The molecule has 0 bridgehead atoms. The molecule has 0 heterocycles. The summed E-state index contributed by atoms with van der Waals surface area (Å²) in [6.07, 6.45) is 10.1. The lowest BCUT2D eigenvalue weighted by atomic mass is 9.98. The van der Waals surface area contributed by atoms with E-state index in [1.165, 1.54) is 24.8 Å². The van der Waals surface area contributed by atoms with Crippen LogP contribution in [0.1, 0.15) is 86.6 Å². The van der Waals surface area contributed by atoms with Gasteiger partial charge in [-0.15, -0.1) is 5.10 Å². The molecule has 3 aromatic carbocycles. The summed E-state index contributed by atoms with van der Waals surface area (Å²) in [6.45, 7) is 4.37. The highest BCUT2D eigenvalue weighted by Crippen LogP contribution is 2.17. The van der Waals surface area contributed by atoms with Crippen LogP contribution in [-0.4, -0.2) is 18.1 Å². The molecule has 0 aliphatic heterocycles. The third-order valence-corrected chi connectivity index (χ3v) is 6.31. The second-order valence-corrected chi connectivity index (χ2v) is 9.21. The van der Waals surface area contributed by atoms with Crippen LogP contribution in [0.3, 0.4) is 0 Å². The fourth-order valence-electron chi connectivity index (χ4n) is 4.25. The monoisotopic (exact) mass is 470 g/mol. The van der Waals surface area contributed by atoms with Crippen LogP contribution in [0.25, 0.3) is 0 Å². The molecule has 0 amide bonds. The van der Waals surface area contributed by atoms with E-state index in [0.29, 0.717) is 12.8 Å². The standard InChI is InChI=1S/C32H39FN2/c1-3-5-8-14-27-15-12-13-18-30(27)25-34-35-32(28-16-10-7-11-17-28)29-22-20-26(21-23-29)24-31(33)19-9-6-4-2/h7,10-13,15-18,20-23,25,31H,3-6,8-9,14,19,24H2,1-2H3. The molecule has 3 rings (SSSR count). The summed E-state index contributed by atoms with van der Waals surface area (Å²) in [6, 6.07) is 26.6. The lowest BCUT2D eigenvalue weighted by molar-refractivity contribution is 0.304. The molecule has 0 saturated carbocycles. The third kappa shape index (κ3) is 8.90. The number of halogens is 1. The predicted molar refractivity (Wildman–Crippen MR) is 149 cm³/mol. The van der Waals surface area contributed by atoms with Crippen LogP contribution in [0.2, 0.25) is 0 Å². The Bertz CT molecular complexity index is 1050. The number of hydrogen-bond donors (Lipinski definition) is 0. The second-order valence-electron chi connectivity index (χ2n) is 9.21. The Morgan fingerprint density at radius 2 is 1.43 bits per heavy atom. The van der Waals surface area contributed by atoms with Gasteiger partial charge in [0.2, 0.25) is 0 Å². The zero-order chi connectivity index (χ0) is 24.7. The number of benzene rings is 3. The molecular formula is C32H39FN2. The van der Waals surface area contributed by atoms with Crippen LogP contribution in [-0.2, 0) is 12.8 Å². The van der Waals surface area contributed by atoms with Gasteiger partial charge in [0.15, 0.2) is 0 Å². The Labute approximate surface area is 211 Å². The quantitative estimate of drug-likeness (QED) is 0.128. The van der Waals surface area contributed by atoms with Crippen molar-refractivity contribution in [2.75, 3.05) is 0 Å². The van der Waals surface area contributed by atoms with Crippen LogP contribution >= 0.6 is 0 Å². The fraction of sp³-hybridized carbons (Fsp3) is 0.375. The summed E-state index contributed by atoms with van der Waals surface area (Å²) >= 11 is 0. The lowest BCUT2D eigenvalue weighted by Crippen LogP contribution is -2.06. The molecule has 184 valence electrons. The summed E-state index contributed by atoms with van der Waals surface area (Å²) in [5, 5.41) is 9.15. The molecule has 0 aromatic heterocycles. The molecule has 1 unspecified atom stereocenters. The van der Waals surface area contributed by atoms with Crippen LogP contribution in [0.15, 0.2) is 89.1 Å². The van der Waals surface area contributed by atoms with Gasteiger partial charge in [-0.3, -0.25) is 0 Å². The maximum atomic E-state index is 14.4. The van der Waals surface area contributed by atoms with Crippen LogP contribution in [0, 0.1) is 0 Å². The summed E-state index contributed by atoms with van der Waals surface area (Å²) in [7, 11) is 0. The highest BCUT2D eigenvalue weighted by molar-refractivity contribution is 6.13.